The number of morpholine rings is 1. The number of halogens is 1. The van der Waals surface area contributed by atoms with Gasteiger partial charge in [0.05, 0.1) is 50.0 Å². The lowest BCUT2D eigenvalue weighted by atomic mass is 9.90. The average molecular weight is 643 g/mol. The summed E-state index contributed by atoms with van der Waals surface area (Å²) in [6.07, 6.45) is 10.7. The van der Waals surface area contributed by atoms with E-state index in [1.165, 1.54) is 5.01 Å². The van der Waals surface area contributed by atoms with Gasteiger partial charge < -0.3 is 24.3 Å². The fourth-order valence-corrected chi connectivity index (χ4v) is 5.88. The third-order valence-corrected chi connectivity index (χ3v) is 8.41. The summed E-state index contributed by atoms with van der Waals surface area (Å²) >= 11 is 6.41. The van der Waals surface area contributed by atoms with Gasteiger partial charge >= 0.3 is 0 Å². The molecule has 2 aromatic heterocycles. The number of nitrogens with one attached hydrogen (secondary N) is 3. The Balaban J connectivity index is 1.25. The van der Waals surface area contributed by atoms with Crippen LogP contribution >= 0.6 is 11.6 Å². The average Bonchev–Trinajstić information content (AvgIpc) is 3.47. The van der Waals surface area contributed by atoms with E-state index in [9.17, 15) is 0 Å². The number of hydrogen-bond donors (Lipinski definition) is 4. The standard InChI is InChI=1S/C30H43ClN10O4/c1-21(18-40(20-32)38-33)45-28-15-22(3-8-26(28)31)23-16-34-30(35-17-23)36-27-19-41(37-29(27)44-14-13-42-2)25-6-4-24(5-7-25)39-9-11-43-12-10-39/h3,8,15-17,19-21,24-25,32,38H,4-7,9-14,18,33H2,1-2H3,(H,34,35,36)/t21-,24?,25?/m0/s1. The molecule has 0 amide bonds. The summed E-state index contributed by atoms with van der Waals surface area (Å²) in [5, 5.41) is 17.4. The van der Waals surface area contributed by atoms with Gasteiger partial charge in [-0.05, 0) is 50.3 Å². The molecule has 14 nitrogen and oxygen atoms in total. The lowest BCUT2D eigenvalue weighted by Gasteiger charge is -2.38. The van der Waals surface area contributed by atoms with Gasteiger partial charge in [-0.1, -0.05) is 17.7 Å². The van der Waals surface area contributed by atoms with Gasteiger partial charge in [0.15, 0.2) is 0 Å². The van der Waals surface area contributed by atoms with E-state index in [0.717, 1.165) is 69.5 Å². The SMILES string of the molecule is COCCOc1nn(C2CCC(N3CCOCC3)CC2)cc1Nc1ncc(-c2ccc(Cl)c(O[C@@H](C)CN(C=N)NN)c2)cn1. The van der Waals surface area contributed by atoms with Crippen LogP contribution in [0.25, 0.3) is 11.1 Å². The third-order valence-electron chi connectivity index (χ3n) is 8.09. The molecule has 2 fully saturated rings. The second-order valence-electron chi connectivity index (χ2n) is 11.2. The molecule has 45 heavy (non-hydrogen) atoms. The Morgan fingerprint density at radius 1 is 1.13 bits per heavy atom. The van der Waals surface area contributed by atoms with Crippen molar-refractivity contribution in [1.82, 2.24) is 35.2 Å². The zero-order valence-corrected chi connectivity index (χ0v) is 26.6. The molecule has 5 rings (SSSR count). The van der Waals surface area contributed by atoms with Crippen molar-refractivity contribution in [2.45, 2.75) is 50.8 Å². The molecular weight excluding hydrogens is 600 g/mol. The van der Waals surface area contributed by atoms with Crippen molar-refractivity contribution in [3.05, 3.63) is 41.8 Å². The molecule has 0 bridgehead atoms. The van der Waals surface area contributed by atoms with Crippen LogP contribution in [0, 0.1) is 5.41 Å². The van der Waals surface area contributed by atoms with Crippen LogP contribution in [0.15, 0.2) is 36.8 Å². The number of ether oxygens (including phenoxy) is 4. The van der Waals surface area contributed by atoms with Gasteiger partial charge in [-0.2, -0.15) is 5.53 Å². The molecule has 1 aliphatic carbocycles. The fraction of sp³-hybridized carbons (Fsp3) is 0.533. The molecule has 0 spiro atoms. The first kappa shape index (κ1) is 32.9. The molecule has 15 heteroatoms. The van der Waals surface area contributed by atoms with Gasteiger partial charge in [0.1, 0.15) is 24.1 Å². The first-order valence-electron chi connectivity index (χ1n) is 15.3. The maximum absolute atomic E-state index is 7.38. The number of nitrogens with zero attached hydrogens (tertiary/aromatic N) is 6. The van der Waals surface area contributed by atoms with E-state index in [4.69, 9.17) is 46.9 Å². The normalized spacial score (nSPS) is 19.6. The van der Waals surface area contributed by atoms with Crippen LogP contribution in [0.5, 0.6) is 11.6 Å². The van der Waals surface area contributed by atoms with Gasteiger partial charge in [-0.25, -0.2) is 9.97 Å². The number of aromatic nitrogens is 4. The molecule has 1 saturated carbocycles. The summed E-state index contributed by atoms with van der Waals surface area (Å²) in [5.41, 5.74) is 4.77. The van der Waals surface area contributed by atoms with E-state index in [0.29, 0.717) is 60.1 Å². The Morgan fingerprint density at radius 2 is 1.87 bits per heavy atom. The third kappa shape index (κ3) is 8.81. The minimum atomic E-state index is -0.292. The van der Waals surface area contributed by atoms with Gasteiger partial charge in [-0.15, -0.1) is 5.10 Å². The van der Waals surface area contributed by atoms with Crippen LogP contribution in [0.3, 0.4) is 0 Å². The number of anilines is 2. The maximum atomic E-state index is 7.38. The minimum absolute atomic E-state index is 0.292. The number of rotatable bonds is 15. The van der Waals surface area contributed by atoms with Crippen molar-refractivity contribution >= 4 is 29.6 Å². The second kappa shape index (κ2) is 16.2. The van der Waals surface area contributed by atoms with Crippen LogP contribution in [-0.4, -0.2) is 101 Å². The summed E-state index contributed by atoms with van der Waals surface area (Å²) in [7, 11) is 1.64. The molecule has 2 aliphatic rings. The molecule has 3 aromatic rings. The molecule has 244 valence electrons. The predicted octanol–water partition coefficient (Wildman–Crippen LogP) is 3.63. The van der Waals surface area contributed by atoms with Crippen molar-refractivity contribution in [1.29, 1.82) is 5.41 Å². The van der Waals surface area contributed by atoms with Crippen molar-refractivity contribution in [3.63, 3.8) is 0 Å². The van der Waals surface area contributed by atoms with Crippen LogP contribution in [0.2, 0.25) is 5.02 Å². The Bertz CT molecular complexity index is 1360. The highest BCUT2D eigenvalue weighted by molar-refractivity contribution is 6.32. The van der Waals surface area contributed by atoms with Crippen molar-refractivity contribution < 1.29 is 18.9 Å². The van der Waals surface area contributed by atoms with Gasteiger partial charge in [0.2, 0.25) is 5.95 Å². The molecule has 5 N–H and O–H groups in total. The zero-order chi connectivity index (χ0) is 31.6. The molecule has 1 aromatic carbocycles. The summed E-state index contributed by atoms with van der Waals surface area (Å²) in [6.45, 7) is 6.75. The second-order valence-corrected chi connectivity index (χ2v) is 11.6. The van der Waals surface area contributed by atoms with E-state index < -0.39 is 0 Å². The zero-order valence-electron chi connectivity index (χ0n) is 25.8. The van der Waals surface area contributed by atoms with Crippen molar-refractivity contribution in [2.24, 2.45) is 5.84 Å². The molecule has 3 heterocycles. The van der Waals surface area contributed by atoms with Crippen LogP contribution in [0.1, 0.15) is 38.6 Å². The monoisotopic (exact) mass is 642 g/mol. The molecule has 1 aliphatic heterocycles. The first-order chi connectivity index (χ1) is 22.0. The smallest absolute Gasteiger partial charge is 0.257 e. The summed E-state index contributed by atoms with van der Waals surface area (Å²) in [4.78, 5) is 11.7. The van der Waals surface area contributed by atoms with E-state index in [-0.39, 0.29) is 6.10 Å². The molecular formula is C30H43ClN10O4. The number of hydrogen-bond acceptors (Lipinski definition) is 12. The molecule has 1 saturated heterocycles. The number of methoxy groups -OCH3 is 1. The Kier molecular flexibility index (Phi) is 11.8. The number of hydrazine groups is 2. The Hall–Kier alpha value is -3.53. The van der Waals surface area contributed by atoms with Crippen LogP contribution < -0.4 is 26.2 Å². The van der Waals surface area contributed by atoms with Crippen LogP contribution in [-0.2, 0) is 9.47 Å². The van der Waals surface area contributed by atoms with E-state index >= 15 is 0 Å². The summed E-state index contributed by atoms with van der Waals surface area (Å²) < 4.78 is 24.7. The fourth-order valence-electron chi connectivity index (χ4n) is 5.72. The summed E-state index contributed by atoms with van der Waals surface area (Å²) in [6, 6.07) is 6.41. The number of benzene rings is 1. The Labute approximate surface area is 268 Å². The largest absolute Gasteiger partial charge is 0.487 e. The predicted molar refractivity (Wildman–Crippen MR) is 172 cm³/mol. The van der Waals surface area contributed by atoms with Gasteiger partial charge in [0, 0.05) is 44.2 Å². The van der Waals surface area contributed by atoms with Crippen molar-refractivity contribution in [2.75, 3.05) is 58.5 Å². The quantitative estimate of drug-likeness (QED) is 0.0627. The van der Waals surface area contributed by atoms with Gasteiger partial charge in [0.25, 0.3) is 5.88 Å². The number of nitrogens with two attached hydrogens (primary N) is 1. The Morgan fingerprint density at radius 3 is 2.56 bits per heavy atom. The molecule has 0 unspecified atom stereocenters. The highest BCUT2D eigenvalue weighted by atomic mass is 35.5. The van der Waals surface area contributed by atoms with Gasteiger partial charge in [-0.3, -0.25) is 25.8 Å². The lowest BCUT2D eigenvalue weighted by molar-refractivity contribution is 0.00502. The highest BCUT2D eigenvalue weighted by Crippen LogP contribution is 2.35. The van der Waals surface area contributed by atoms with E-state index in [1.807, 2.05) is 29.9 Å². The first-order valence-corrected chi connectivity index (χ1v) is 15.7. The summed E-state index contributed by atoms with van der Waals surface area (Å²) in [5.74, 6) is 6.84. The topological polar surface area (TPSA) is 161 Å². The van der Waals surface area contributed by atoms with Crippen molar-refractivity contribution in [3.8, 4) is 22.8 Å². The maximum Gasteiger partial charge on any atom is 0.257 e. The van der Waals surface area contributed by atoms with E-state index in [1.54, 1.807) is 25.6 Å². The van der Waals surface area contributed by atoms with E-state index in [2.05, 4.69) is 25.7 Å². The van der Waals surface area contributed by atoms with Crippen LogP contribution in [0.4, 0.5) is 11.6 Å². The lowest BCUT2D eigenvalue weighted by Crippen LogP contribution is -2.46. The highest BCUT2D eigenvalue weighted by Gasteiger charge is 2.29. The molecule has 1 atom stereocenters. The molecule has 0 radical (unpaired) electrons. The minimum Gasteiger partial charge on any atom is -0.487 e.